The van der Waals surface area contributed by atoms with Crippen molar-refractivity contribution in [2.75, 3.05) is 0 Å². The van der Waals surface area contributed by atoms with Crippen LogP contribution in [0.2, 0.25) is 39.3 Å². The molecule has 18 heavy (non-hydrogen) atoms. The van der Waals surface area contributed by atoms with E-state index in [9.17, 15) is 4.79 Å². The number of allylic oxidation sites excluding steroid dienone is 1. The van der Waals surface area contributed by atoms with Crippen LogP contribution in [0.3, 0.4) is 0 Å². The first-order chi connectivity index (χ1) is 7.83. The van der Waals surface area contributed by atoms with Gasteiger partial charge in [-0.1, -0.05) is 13.8 Å². The van der Waals surface area contributed by atoms with E-state index in [1.165, 1.54) is 0 Å². The molecule has 0 spiro atoms. The van der Waals surface area contributed by atoms with Gasteiger partial charge in [0.2, 0.25) is 16.6 Å². The number of carbonyl (C=O) groups is 1. The summed E-state index contributed by atoms with van der Waals surface area (Å²) in [5.41, 5.74) is 0.680. The second-order valence-electron chi connectivity index (χ2n) is 6.84. The average Bonchev–Trinajstić information content (AvgIpc) is 1.93. The summed E-state index contributed by atoms with van der Waals surface area (Å²) in [6, 6.07) is 0. The molecule has 0 aromatic rings. The van der Waals surface area contributed by atoms with Gasteiger partial charge >= 0.3 is 5.97 Å². The Morgan fingerprint density at radius 2 is 1.28 bits per heavy atom. The lowest BCUT2D eigenvalue weighted by atomic mass is 10.0. The van der Waals surface area contributed by atoms with E-state index in [1.807, 2.05) is 40.4 Å². The first-order valence-electron chi connectivity index (χ1n) is 6.46. The Bertz CT molecular complexity index is 333. The van der Waals surface area contributed by atoms with Crippen LogP contribution in [0.15, 0.2) is 11.3 Å². The van der Waals surface area contributed by atoms with Gasteiger partial charge in [-0.3, -0.25) is 0 Å². The second kappa shape index (κ2) is 6.06. The van der Waals surface area contributed by atoms with Crippen LogP contribution in [-0.2, 0) is 13.6 Å². The molecule has 5 heteroatoms. The molecule has 106 valence electrons. The fourth-order valence-corrected chi connectivity index (χ4v) is 3.33. The van der Waals surface area contributed by atoms with E-state index in [2.05, 4.69) is 19.6 Å². The molecule has 0 rings (SSSR count). The minimum Gasteiger partial charge on any atom is -0.547 e. The summed E-state index contributed by atoms with van der Waals surface area (Å²) >= 11 is 0. The molecule has 0 heterocycles. The normalized spacial score (nSPS) is 14.3. The third-order valence-corrected chi connectivity index (χ3v) is 3.75. The van der Waals surface area contributed by atoms with Crippen LogP contribution in [0.25, 0.3) is 0 Å². The zero-order valence-corrected chi connectivity index (χ0v) is 15.3. The zero-order chi connectivity index (χ0) is 14.7. The van der Waals surface area contributed by atoms with E-state index in [1.54, 1.807) is 0 Å². The van der Waals surface area contributed by atoms with E-state index in [4.69, 9.17) is 8.85 Å². The fraction of sp³-hybridized carbons (Fsp3) is 0.769. The lowest BCUT2D eigenvalue weighted by Crippen LogP contribution is -2.32. The van der Waals surface area contributed by atoms with Crippen molar-refractivity contribution in [1.29, 1.82) is 0 Å². The van der Waals surface area contributed by atoms with Crippen LogP contribution in [0.1, 0.15) is 20.8 Å². The highest BCUT2D eigenvalue weighted by molar-refractivity contribution is 6.71. The van der Waals surface area contributed by atoms with Crippen molar-refractivity contribution in [3.05, 3.63) is 11.3 Å². The number of carbonyl (C=O) groups excluding carboxylic acids is 1. The summed E-state index contributed by atoms with van der Waals surface area (Å²) in [6.07, 6.45) is 0. The van der Waals surface area contributed by atoms with Crippen molar-refractivity contribution in [3.8, 4) is 0 Å². The molecule has 0 fully saturated rings. The quantitative estimate of drug-likeness (QED) is 0.433. The molecule has 0 aliphatic rings. The van der Waals surface area contributed by atoms with E-state index < -0.39 is 16.6 Å². The maximum absolute atomic E-state index is 12.2. The maximum Gasteiger partial charge on any atom is 0.324 e. The number of rotatable bonds is 5. The topological polar surface area (TPSA) is 35.5 Å². The summed E-state index contributed by atoms with van der Waals surface area (Å²) < 4.78 is 11.5. The van der Waals surface area contributed by atoms with E-state index in [0.29, 0.717) is 5.57 Å². The highest BCUT2D eigenvalue weighted by atomic mass is 28.4. The number of hydrogen-bond acceptors (Lipinski definition) is 3. The molecule has 0 aromatic heterocycles. The van der Waals surface area contributed by atoms with Crippen molar-refractivity contribution in [2.24, 2.45) is 5.92 Å². The van der Waals surface area contributed by atoms with Crippen LogP contribution >= 0.6 is 0 Å². The molecule has 0 radical (unpaired) electrons. The maximum atomic E-state index is 12.2. The molecule has 0 amide bonds. The first kappa shape index (κ1) is 17.4. The smallest absolute Gasteiger partial charge is 0.324 e. The molecule has 0 atom stereocenters. The van der Waals surface area contributed by atoms with Crippen molar-refractivity contribution in [3.63, 3.8) is 0 Å². The Hall–Kier alpha value is -0.556. The predicted molar refractivity (Wildman–Crippen MR) is 81.4 cm³/mol. The van der Waals surface area contributed by atoms with Gasteiger partial charge in [-0.2, -0.15) is 0 Å². The Balaban J connectivity index is 5.19. The standard InChI is InChI=1S/C13H28O3Si2/c1-10(2)12(11(3)15-17(4,5)6)13(14)16-18(7,8)9/h10H,1-9H3/b12-11-. The first-order valence-corrected chi connectivity index (χ1v) is 13.3. The SMILES string of the molecule is C/C(O[Si](C)(C)C)=C(/C(=O)O[Si](C)(C)C)C(C)C. The summed E-state index contributed by atoms with van der Waals surface area (Å²) in [5.74, 6) is 0.637. The Labute approximate surface area is 114 Å². The highest BCUT2D eigenvalue weighted by Gasteiger charge is 2.27. The van der Waals surface area contributed by atoms with Crippen molar-refractivity contribution >= 4 is 22.6 Å². The molecule has 0 N–H and O–H groups in total. The third kappa shape index (κ3) is 7.01. The van der Waals surface area contributed by atoms with E-state index in [0.717, 1.165) is 5.76 Å². The van der Waals surface area contributed by atoms with E-state index in [-0.39, 0.29) is 11.9 Å². The van der Waals surface area contributed by atoms with Gasteiger partial charge in [0, 0.05) is 0 Å². The zero-order valence-electron chi connectivity index (χ0n) is 13.3. The Morgan fingerprint density at radius 3 is 1.56 bits per heavy atom. The summed E-state index contributed by atoms with van der Waals surface area (Å²) in [6.45, 7) is 18.2. The molecule has 0 bridgehead atoms. The van der Waals surface area contributed by atoms with Crippen LogP contribution in [0.5, 0.6) is 0 Å². The molecule has 0 unspecified atom stereocenters. The Kier molecular flexibility index (Phi) is 5.87. The summed E-state index contributed by atoms with van der Waals surface area (Å²) in [7, 11) is -3.55. The third-order valence-electron chi connectivity index (χ3n) is 2.03. The van der Waals surface area contributed by atoms with Crippen molar-refractivity contribution in [2.45, 2.75) is 60.1 Å². The molecular weight excluding hydrogens is 260 g/mol. The van der Waals surface area contributed by atoms with Crippen LogP contribution in [0, 0.1) is 5.92 Å². The molecule has 0 saturated heterocycles. The molecule has 0 aliphatic carbocycles. The van der Waals surface area contributed by atoms with Gasteiger partial charge in [0.15, 0.2) is 0 Å². The molecule has 0 aromatic carbocycles. The lowest BCUT2D eigenvalue weighted by molar-refractivity contribution is -0.131. The minimum atomic E-state index is -1.86. The van der Waals surface area contributed by atoms with Crippen molar-refractivity contribution in [1.82, 2.24) is 0 Å². The summed E-state index contributed by atoms with van der Waals surface area (Å²) in [5, 5.41) is 0. The van der Waals surface area contributed by atoms with Crippen LogP contribution in [0.4, 0.5) is 0 Å². The van der Waals surface area contributed by atoms with Crippen LogP contribution in [-0.4, -0.2) is 22.6 Å². The predicted octanol–water partition coefficient (Wildman–Crippen LogP) is 4.15. The summed E-state index contributed by atoms with van der Waals surface area (Å²) in [4.78, 5) is 12.2. The fourth-order valence-electron chi connectivity index (χ4n) is 1.63. The minimum absolute atomic E-state index is 0.116. The van der Waals surface area contributed by atoms with Gasteiger partial charge in [-0.15, -0.1) is 0 Å². The number of hydrogen-bond donors (Lipinski definition) is 0. The molecule has 0 aliphatic heterocycles. The second-order valence-corrected chi connectivity index (χ2v) is 15.7. The van der Waals surface area contributed by atoms with Gasteiger partial charge in [0.1, 0.15) is 0 Å². The van der Waals surface area contributed by atoms with Gasteiger partial charge < -0.3 is 8.85 Å². The van der Waals surface area contributed by atoms with Gasteiger partial charge in [-0.25, -0.2) is 4.79 Å². The van der Waals surface area contributed by atoms with Gasteiger partial charge in [0.25, 0.3) is 0 Å². The van der Waals surface area contributed by atoms with Crippen molar-refractivity contribution < 1.29 is 13.6 Å². The van der Waals surface area contributed by atoms with Gasteiger partial charge in [-0.05, 0) is 52.1 Å². The molecule has 0 saturated carbocycles. The lowest BCUT2D eigenvalue weighted by Gasteiger charge is -2.25. The monoisotopic (exact) mass is 288 g/mol. The van der Waals surface area contributed by atoms with Crippen LogP contribution < -0.4 is 0 Å². The average molecular weight is 289 g/mol. The van der Waals surface area contributed by atoms with Gasteiger partial charge in [0.05, 0.1) is 11.3 Å². The molecule has 3 nitrogen and oxygen atoms in total. The van der Waals surface area contributed by atoms with E-state index >= 15 is 0 Å². The largest absolute Gasteiger partial charge is 0.547 e. The molecular formula is C13H28O3Si2. The highest BCUT2D eigenvalue weighted by Crippen LogP contribution is 2.22. The Morgan fingerprint density at radius 1 is 0.889 bits per heavy atom.